The Morgan fingerprint density at radius 2 is 1.76 bits per heavy atom. The van der Waals surface area contributed by atoms with Gasteiger partial charge >= 0.3 is 5.97 Å². The molecule has 0 spiro atoms. The third-order valence-electron chi connectivity index (χ3n) is 5.38. The highest BCUT2D eigenvalue weighted by Gasteiger charge is 2.24. The Morgan fingerprint density at radius 1 is 1.03 bits per heavy atom. The van der Waals surface area contributed by atoms with E-state index in [1.165, 1.54) is 0 Å². The summed E-state index contributed by atoms with van der Waals surface area (Å²) in [5.41, 5.74) is 4.31. The first-order valence-corrected chi connectivity index (χ1v) is 10.1. The fourth-order valence-corrected chi connectivity index (χ4v) is 3.92. The Kier molecular flexibility index (Phi) is 5.56. The molecule has 4 rings (SSSR count). The van der Waals surface area contributed by atoms with Crippen molar-refractivity contribution in [3.63, 3.8) is 0 Å². The van der Waals surface area contributed by atoms with Crippen LogP contribution in [0.2, 0.25) is 0 Å². The molecule has 0 fully saturated rings. The number of carbonyl (C=O) groups is 2. The average Bonchev–Trinajstić information content (AvgIpc) is 2.76. The second-order valence-electron chi connectivity index (χ2n) is 7.41. The Morgan fingerprint density at radius 3 is 2.59 bits per heavy atom. The smallest absolute Gasteiger partial charge is 0.339 e. The predicted molar refractivity (Wildman–Crippen MR) is 112 cm³/mol. The first-order chi connectivity index (χ1) is 14.1. The van der Waals surface area contributed by atoms with Crippen molar-refractivity contribution in [3.8, 4) is 0 Å². The van der Waals surface area contributed by atoms with E-state index in [0.717, 1.165) is 53.4 Å². The first kappa shape index (κ1) is 19.1. The van der Waals surface area contributed by atoms with E-state index >= 15 is 0 Å². The third-order valence-corrected chi connectivity index (χ3v) is 5.38. The molecule has 1 N–H and O–H groups in total. The van der Waals surface area contributed by atoms with Gasteiger partial charge in [0, 0.05) is 11.1 Å². The molecular weight excluding hydrogens is 364 g/mol. The molecule has 5 nitrogen and oxygen atoms in total. The summed E-state index contributed by atoms with van der Waals surface area (Å²) in [4.78, 5) is 30.0. The first-order valence-electron chi connectivity index (χ1n) is 10.1. The highest BCUT2D eigenvalue weighted by Crippen LogP contribution is 2.29. The molecule has 5 heteroatoms. The molecule has 1 aromatic heterocycles. The zero-order valence-electron chi connectivity index (χ0n) is 16.5. The SMILES string of the molecule is C[C@@H](NC(=O)COC(=O)c1c2c(nc3ccccc13)CCCC2)c1ccccc1. The van der Waals surface area contributed by atoms with Crippen LogP contribution in [0.15, 0.2) is 54.6 Å². The molecule has 1 aliphatic carbocycles. The van der Waals surface area contributed by atoms with Crippen molar-refractivity contribution in [2.75, 3.05) is 6.61 Å². The second-order valence-corrected chi connectivity index (χ2v) is 7.41. The largest absolute Gasteiger partial charge is 0.452 e. The number of pyridine rings is 1. The van der Waals surface area contributed by atoms with Crippen LogP contribution in [0.4, 0.5) is 0 Å². The van der Waals surface area contributed by atoms with Gasteiger partial charge in [0.2, 0.25) is 0 Å². The number of nitrogens with zero attached hydrogens (tertiary/aromatic N) is 1. The van der Waals surface area contributed by atoms with Crippen molar-refractivity contribution < 1.29 is 14.3 Å². The monoisotopic (exact) mass is 388 g/mol. The Hall–Kier alpha value is -3.21. The number of benzene rings is 2. The molecule has 0 radical (unpaired) electrons. The quantitative estimate of drug-likeness (QED) is 0.667. The lowest BCUT2D eigenvalue weighted by molar-refractivity contribution is -0.124. The highest BCUT2D eigenvalue weighted by atomic mass is 16.5. The van der Waals surface area contributed by atoms with Crippen LogP contribution in [0.5, 0.6) is 0 Å². The van der Waals surface area contributed by atoms with Gasteiger partial charge in [0.1, 0.15) is 0 Å². The number of amides is 1. The van der Waals surface area contributed by atoms with Crippen molar-refractivity contribution in [2.45, 2.75) is 38.6 Å². The lowest BCUT2D eigenvalue weighted by Gasteiger charge is -2.20. The molecule has 1 amide bonds. The minimum Gasteiger partial charge on any atom is -0.452 e. The summed E-state index contributed by atoms with van der Waals surface area (Å²) < 4.78 is 5.42. The van der Waals surface area contributed by atoms with Crippen molar-refractivity contribution >= 4 is 22.8 Å². The van der Waals surface area contributed by atoms with Gasteiger partial charge in [-0.1, -0.05) is 48.5 Å². The Balaban J connectivity index is 1.50. The average molecular weight is 388 g/mol. The summed E-state index contributed by atoms with van der Waals surface area (Å²) in [6.45, 7) is 1.60. The lowest BCUT2D eigenvalue weighted by Crippen LogP contribution is -2.31. The summed E-state index contributed by atoms with van der Waals surface area (Å²) in [7, 11) is 0. The van der Waals surface area contributed by atoms with E-state index in [-0.39, 0.29) is 18.6 Å². The molecule has 148 valence electrons. The normalized spacial score (nSPS) is 14.1. The topological polar surface area (TPSA) is 68.3 Å². The summed E-state index contributed by atoms with van der Waals surface area (Å²) >= 11 is 0. The number of para-hydroxylation sites is 1. The van der Waals surface area contributed by atoms with E-state index in [4.69, 9.17) is 9.72 Å². The summed E-state index contributed by atoms with van der Waals surface area (Å²) in [6.07, 6.45) is 3.79. The third kappa shape index (κ3) is 4.14. The molecule has 1 heterocycles. The molecule has 0 aliphatic heterocycles. The van der Waals surface area contributed by atoms with Crippen LogP contribution in [0.25, 0.3) is 10.9 Å². The van der Waals surface area contributed by atoms with Gasteiger partial charge in [-0.2, -0.15) is 0 Å². The maximum atomic E-state index is 13.0. The van der Waals surface area contributed by atoms with E-state index < -0.39 is 5.97 Å². The van der Waals surface area contributed by atoms with Crippen molar-refractivity contribution in [2.24, 2.45) is 0 Å². The molecular formula is C24H24N2O3. The number of nitrogens with one attached hydrogen (secondary N) is 1. The van der Waals surface area contributed by atoms with Crippen LogP contribution in [0, 0.1) is 0 Å². The van der Waals surface area contributed by atoms with E-state index in [9.17, 15) is 9.59 Å². The molecule has 29 heavy (non-hydrogen) atoms. The molecule has 0 saturated carbocycles. The maximum Gasteiger partial charge on any atom is 0.339 e. The zero-order chi connectivity index (χ0) is 20.2. The van der Waals surface area contributed by atoms with E-state index in [1.54, 1.807) is 0 Å². The fraction of sp³-hybridized carbons (Fsp3) is 0.292. The van der Waals surface area contributed by atoms with Gasteiger partial charge in [0.15, 0.2) is 6.61 Å². The van der Waals surface area contributed by atoms with Crippen LogP contribution in [0.3, 0.4) is 0 Å². The van der Waals surface area contributed by atoms with E-state index in [1.807, 2.05) is 61.5 Å². The minimum absolute atomic E-state index is 0.156. The number of fused-ring (bicyclic) bond motifs is 2. The highest BCUT2D eigenvalue weighted by molar-refractivity contribution is 6.05. The van der Waals surface area contributed by atoms with Gasteiger partial charge < -0.3 is 10.1 Å². The summed E-state index contributed by atoms with van der Waals surface area (Å²) in [6, 6.07) is 17.1. The minimum atomic E-state index is -0.454. The van der Waals surface area contributed by atoms with Crippen molar-refractivity contribution in [1.29, 1.82) is 0 Å². The standard InChI is InChI=1S/C24H24N2O3/c1-16(17-9-3-2-4-10-17)25-22(27)15-29-24(28)23-18-11-5-7-13-20(18)26-21-14-8-6-12-19(21)23/h2-5,7,9-11,13,16H,6,8,12,14-15H2,1H3,(H,25,27)/t16-/m1/s1. The van der Waals surface area contributed by atoms with Gasteiger partial charge in [0.05, 0.1) is 17.1 Å². The number of hydrogen-bond donors (Lipinski definition) is 1. The van der Waals surface area contributed by atoms with E-state index in [2.05, 4.69) is 5.32 Å². The molecule has 1 aliphatic rings. The van der Waals surface area contributed by atoms with Gasteiger partial charge in [0.25, 0.3) is 5.91 Å². The summed E-state index contributed by atoms with van der Waals surface area (Å²) in [5, 5.41) is 3.66. The zero-order valence-corrected chi connectivity index (χ0v) is 16.5. The molecule has 3 aromatic rings. The summed E-state index contributed by atoms with van der Waals surface area (Å²) in [5.74, 6) is -0.772. The molecule has 1 atom stereocenters. The van der Waals surface area contributed by atoms with Gasteiger partial charge in [-0.3, -0.25) is 9.78 Å². The number of rotatable bonds is 5. The van der Waals surface area contributed by atoms with Crippen molar-refractivity contribution in [3.05, 3.63) is 77.0 Å². The van der Waals surface area contributed by atoms with Gasteiger partial charge in [-0.15, -0.1) is 0 Å². The number of esters is 1. The van der Waals surface area contributed by atoms with Crippen LogP contribution in [-0.4, -0.2) is 23.5 Å². The molecule has 2 aromatic carbocycles. The lowest BCUT2D eigenvalue weighted by atomic mass is 9.90. The molecule has 0 saturated heterocycles. The van der Waals surface area contributed by atoms with Crippen LogP contribution >= 0.6 is 0 Å². The predicted octanol–water partition coefficient (Wildman–Crippen LogP) is 4.15. The van der Waals surface area contributed by atoms with Gasteiger partial charge in [-0.05, 0) is 49.8 Å². The number of aryl methyl sites for hydroxylation is 1. The van der Waals surface area contributed by atoms with Gasteiger partial charge in [-0.25, -0.2) is 4.79 Å². The second kappa shape index (κ2) is 8.43. The van der Waals surface area contributed by atoms with Crippen LogP contribution in [-0.2, 0) is 22.4 Å². The van der Waals surface area contributed by atoms with Crippen molar-refractivity contribution in [1.82, 2.24) is 10.3 Å². The van der Waals surface area contributed by atoms with Crippen LogP contribution < -0.4 is 5.32 Å². The van der Waals surface area contributed by atoms with Crippen LogP contribution in [0.1, 0.15) is 53.0 Å². The number of aromatic nitrogens is 1. The maximum absolute atomic E-state index is 13.0. The Bertz CT molecular complexity index is 1050. The molecule has 0 unspecified atom stereocenters. The number of carbonyl (C=O) groups excluding carboxylic acids is 2. The number of hydrogen-bond acceptors (Lipinski definition) is 4. The molecule has 0 bridgehead atoms. The van der Waals surface area contributed by atoms with E-state index in [0.29, 0.717) is 5.56 Å². The number of ether oxygens (including phenoxy) is 1. The Labute approximate surface area is 170 Å². The fourth-order valence-electron chi connectivity index (χ4n) is 3.92.